The molecule has 2 aromatic rings. The second-order valence-electron chi connectivity index (χ2n) is 7.96. The third kappa shape index (κ3) is 4.63. The number of halogens is 2. The van der Waals surface area contributed by atoms with E-state index in [0.29, 0.717) is 37.6 Å². The van der Waals surface area contributed by atoms with Gasteiger partial charge in [-0.2, -0.15) is 0 Å². The fourth-order valence-corrected chi connectivity index (χ4v) is 4.37. The molecule has 2 heterocycles. The van der Waals surface area contributed by atoms with Crippen molar-refractivity contribution in [3.05, 3.63) is 70.2 Å². The number of likely N-dealkylation sites (tertiary alicyclic amines) is 1. The van der Waals surface area contributed by atoms with E-state index in [-0.39, 0.29) is 24.4 Å². The minimum Gasteiger partial charge on any atom is -0.289 e. The quantitative estimate of drug-likeness (QED) is 0.735. The molecule has 2 aliphatic heterocycles. The van der Waals surface area contributed by atoms with E-state index in [1.165, 1.54) is 10.6 Å². The summed E-state index contributed by atoms with van der Waals surface area (Å²) in [7, 11) is 0. The van der Waals surface area contributed by atoms with E-state index in [4.69, 9.17) is 16.4 Å². The Kier molecular flexibility index (Phi) is 6.18. The molecule has 6 heteroatoms. The monoisotopic (exact) mass is 416 g/mol. The van der Waals surface area contributed by atoms with E-state index in [2.05, 4.69) is 0 Å². The molecule has 0 radical (unpaired) electrons. The molecule has 29 heavy (non-hydrogen) atoms. The van der Waals surface area contributed by atoms with Gasteiger partial charge in [-0.1, -0.05) is 53.6 Å². The summed E-state index contributed by atoms with van der Waals surface area (Å²) in [5.74, 6) is -0.195. The Bertz CT molecular complexity index is 843. The number of rotatable bonds is 4. The van der Waals surface area contributed by atoms with Gasteiger partial charge in [0.05, 0.1) is 19.2 Å². The van der Waals surface area contributed by atoms with E-state index in [1.807, 2.05) is 48.2 Å². The molecule has 0 aromatic heterocycles. The molecular formula is C23H26ClFN2O2. The van der Waals surface area contributed by atoms with Crippen LogP contribution in [-0.4, -0.2) is 47.8 Å². The molecule has 2 unspecified atom stereocenters. The number of nitrogens with zero attached hydrogens (tertiary/aromatic N) is 2. The molecule has 2 aliphatic rings. The standard InChI is InChI=1S/C23H26ClFN2O2/c1-16-2-6-18(7-3-16)20-10-12-26(15-21(20)25)22-11-13-29-27(23(22)28)14-17-4-8-19(24)9-5-17/h2-9,20-22H,10-15H2,1H3/t20?,21-,22?/m1/s1. The molecule has 0 saturated carbocycles. The number of amides is 1. The smallest absolute Gasteiger partial charge is 0.263 e. The van der Waals surface area contributed by atoms with Crippen molar-refractivity contribution in [3.8, 4) is 0 Å². The van der Waals surface area contributed by atoms with E-state index < -0.39 is 6.17 Å². The summed E-state index contributed by atoms with van der Waals surface area (Å²) in [4.78, 5) is 20.6. The summed E-state index contributed by atoms with van der Waals surface area (Å²) in [6.07, 6.45) is 0.330. The summed E-state index contributed by atoms with van der Waals surface area (Å²) in [6, 6.07) is 15.1. The van der Waals surface area contributed by atoms with Gasteiger partial charge in [-0.25, -0.2) is 9.45 Å². The molecule has 0 aliphatic carbocycles. The Morgan fingerprint density at radius 1 is 1.10 bits per heavy atom. The highest BCUT2D eigenvalue weighted by Gasteiger charge is 2.39. The van der Waals surface area contributed by atoms with Crippen LogP contribution in [0.5, 0.6) is 0 Å². The molecule has 3 atom stereocenters. The zero-order valence-electron chi connectivity index (χ0n) is 16.6. The Morgan fingerprint density at radius 2 is 1.83 bits per heavy atom. The number of carbonyl (C=O) groups is 1. The third-order valence-corrected chi connectivity index (χ3v) is 6.18. The predicted octanol–water partition coefficient (Wildman–Crippen LogP) is 4.51. The average Bonchev–Trinajstić information content (AvgIpc) is 2.72. The first-order valence-corrected chi connectivity index (χ1v) is 10.5. The Hall–Kier alpha value is -1.95. The molecule has 4 rings (SSSR count). The van der Waals surface area contributed by atoms with E-state index in [1.54, 1.807) is 12.1 Å². The molecule has 0 N–H and O–H groups in total. The normalized spacial score (nSPS) is 26.0. The molecule has 1 amide bonds. The second-order valence-corrected chi connectivity index (χ2v) is 8.39. The average molecular weight is 417 g/mol. The number of alkyl halides is 1. The maximum absolute atomic E-state index is 15.0. The van der Waals surface area contributed by atoms with Crippen molar-refractivity contribution < 1.29 is 14.0 Å². The van der Waals surface area contributed by atoms with Gasteiger partial charge in [-0.3, -0.25) is 14.5 Å². The fraction of sp³-hybridized carbons (Fsp3) is 0.435. The van der Waals surface area contributed by atoms with Crippen molar-refractivity contribution in [2.75, 3.05) is 19.7 Å². The number of piperidine rings is 1. The molecule has 0 bridgehead atoms. The van der Waals surface area contributed by atoms with Gasteiger partial charge in [-0.15, -0.1) is 0 Å². The molecule has 2 fully saturated rings. The van der Waals surface area contributed by atoms with Gasteiger partial charge < -0.3 is 0 Å². The van der Waals surface area contributed by atoms with Crippen LogP contribution in [0.25, 0.3) is 0 Å². The molecule has 2 saturated heterocycles. The first kappa shape index (κ1) is 20.3. The molecule has 2 aromatic carbocycles. The highest BCUT2D eigenvalue weighted by atomic mass is 35.5. The van der Waals surface area contributed by atoms with Crippen LogP contribution in [0.4, 0.5) is 4.39 Å². The van der Waals surface area contributed by atoms with E-state index in [9.17, 15) is 4.79 Å². The highest BCUT2D eigenvalue weighted by Crippen LogP contribution is 2.33. The lowest BCUT2D eigenvalue weighted by Gasteiger charge is -2.42. The first-order chi connectivity index (χ1) is 14.0. The van der Waals surface area contributed by atoms with Gasteiger partial charge in [0.1, 0.15) is 6.17 Å². The summed E-state index contributed by atoms with van der Waals surface area (Å²) in [5.41, 5.74) is 3.17. The molecule has 154 valence electrons. The van der Waals surface area contributed by atoms with E-state index in [0.717, 1.165) is 11.1 Å². The second kappa shape index (κ2) is 8.82. The molecule has 0 spiro atoms. The van der Waals surface area contributed by atoms with Crippen molar-refractivity contribution in [3.63, 3.8) is 0 Å². The van der Waals surface area contributed by atoms with Crippen molar-refractivity contribution in [2.24, 2.45) is 0 Å². The van der Waals surface area contributed by atoms with Gasteiger partial charge in [-0.05, 0) is 49.6 Å². The summed E-state index contributed by atoms with van der Waals surface area (Å²) >= 11 is 5.93. The number of aryl methyl sites for hydroxylation is 1. The number of hydrogen-bond acceptors (Lipinski definition) is 3. The maximum atomic E-state index is 15.0. The minimum absolute atomic E-state index is 0.0906. The lowest BCUT2D eigenvalue weighted by Crippen LogP contribution is -2.56. The zero-order chi connectivity index (χ0) is 20.4. The highest BCUT2D eigenvalue weighted by molar-refractivity contribution is 6.30. The largest absolute Gasteiger partial charge is 0.289 e. The number of benzene rings is 2. The molecular weight excluding hydrogens is 391 g/mol. The SMILES string of the molecule is Cc1ccc(C2CCN(C3CCON(Cc4ccc(Cl)cc4)C3=O)C[C@H]2F)cc1. The first-order valence-electron chi connectivity index (χ1n) is 10.1. The van der Waals surface area contributed by atoms with Gasteiger partial charge in [0.25, 0.3) is 5.91 Å². The van der Waals surface area contributed by atoms with Crippen LogP contribution in [0, 0.1) is 6.92 Å². The number of carbonyl (C=O) groups excluding carboxylic acids is 1. The van der Waals surface area contributed by atoms with Gasteiger partial charge in [0, 0.05) is 17.5 Å². The minimum atomic E-state index is -0.980. The van der Waals surface area contributed by atoms with Gasteiger partial charge in [0.15, 0.2) is 0 Å². The van der Waals surface area contributed by atoms with Crippen LogP contribution in [0.3, 0.4) is 0 Å². The fourth-order valence-electron chi connectivity index (χ4n) is 4.25. The summed E-state index contributed by atoms with van der Waals surface area (Å²) in [6.45, 7) is 3.85. The van der Waals surface area contributed by atoms with Gasteiger partial charge >= 0.3 is 0 Å². The molecule has 4 nitrogen and oxygen atoms in total. The van der Waals surface area contributed by atoms with Crippen molar-refractivity contribution in [1.29, 1.82) is 0 Å². The van der Waals surface area contributed by atoms with Crippen LogP contribution in [0.2, 0.25) is 5.02 Å². The predicted molar refractivity (Wildman–Crippen MR) is 111 cm³/mol. The van der Waals surface area contributed by atoms with Crippen LogP contribution in [0.15, 0.2) is 48.5 Å². The number of hydroxylamine groups is 2. The summed E-state index contributed by atoms with van der Waals surface area (Å²) < 4.78 is 15.0. The van der Waals surface area contributed by atoms with Crippen molar-refractivity contribution in [2.45, 2.75) is 44.4 Å². The lowest BCUT2D eigenvalue weighted by molar-refractivity contribution is -0.212. The van der Waals surface area contributed by atoms with Crippen LogP contribution in [0.1, 0.15) is 35.4 Å². The van der Waals surface area contributed by atoms with Crippen LogP contribution >= 0.6 is 11.6 Å². The van der Waals surface area contributed by atoms with Crippen LogP contribution in [-0.2, 0) is 16.2 Å². The Morgan fingerprint density at radius 3 is 2.52 bits per heavy atom. The Labute approximate surface area is 176 Å². The number of hydrogen-bond donors (Lipinski definition) is 0. The zero-order valence-corrected chi connectivity index (χ0v) is 17.3. The van der Waals surface area contributed by atoms with Crippen molar-refractivity contribution >= 4 is 17.5 Å². The van der Waals surface area contributed by atoms with Crippen LogP contribution < -0.4 is 0 Å². The lowest BCUT2D eigenvalue weighted by atomic mass is 9.86. The van der Waals surface area contributed by atoms with Gasteiger partial charge in [0.2, 0.25) is 0 Å². The maximum Gasteiger partial charge on any atom is 0.263 e. The Balaban J connectivity index is 1.40. The topological polar surface area (TPSA) is 32.8 Å². The van der Waals surface area contributed by atoms with E-state index >= 15 is 4.39 Å². The van der Waals surface area contributed by atoms with Crippen molar-refractivity contribution in [1.82, 2.24) is 9.96 Å². The summed E-state index contributed by atoms with van der Waals surface area (Å²) in [5, 5.41) is 2.07. The third-order valence-electron chi connectivity index (χ3n) is 5.93.